The summed E-state index contributed by atoms with van der Waals surface area (Å²) in [6.45, 7) is 47.2. The molecule has 1 aromatic carbocycles. The molecule has 42 heteroatoms. The summed E-state index contributed by atoms with van der Waals surface area (Å²) in [5, 5.41) is 24.2. The van der Waals surface area contributed by atoms with Gasteiger partial charge in [0, 0.05) is 183 Å². The van der Waals surface area contributed by atoms with Crippen molar-refractivity contribution in [2.45, 2.75) is 249 Å². The molecule has 0 atom stereocenters. The van der Waals surface area contributed by atoms with Crippen LogP contribution in [0.2, 0.25) is 0 Å². The minimum absolute atomic E-state index is 0.0578. The number of ether oxygens (including phenoxy) is 1. The van der Waals surface area contributed by atoms with Gasteiger partial charge in [-0.2, -0.15) is 22.5 Å². The summed E-state index contributed by atoms with van der Waals surface area (Å²) in [5.74, 6) is 7.36. The Kier molecular flexibility index (Phi) is 46.6. The second kappa shape index (κ2) is 57.8. The van der Waals surface area contributed by atoms with Gasteiger partial charge in [0.25, 0.3) is 23.7 Å². The van der Waals surface area contributed by atoms with Gasteiger partial charge in [0.1, 0.15) is 5.82 Å². The maximum Gasteiger partial charge on any atom is 0.436 e. The van der Waals surface area contributed by atoms with E-state index in [2.05, 4.69) is 268 Å². The number of primary amides is 2. The number of nitrogens with two attached hydrogens (primary N) is 2. The Morgan fingerprint density at radius 3 is 1.13 bits per heavy atom. The Morgan fingerprint density at radius 1 is 0.430 bits per heavy atom. The molecule has 2 aliphatic heterocycles. The van der Waals surface area contributed by atoms with E-state index in [-0.39, 0.29) is 42.0 Å². The van der Waals surface area contributed by atoms with Gasteiger partial charge in [-0.05, 0) is 152 Å². The van der Waals surface area contributed by atoms with E-state index in [1.165, 1.54) is 35.8 Å². The number of carbonyl (C=O) groups is 5. The number of thiophene rings is 1. The van der Waals surface area contributed by atoms with Crippen molar-refractivity contribution in [2.75, 3.05) is 77.6 Å². The van der Waals surface area contributed by atoms with Gasteiger partial charge in [0.15, 0.2) is 5.69 Å². The van der Waals surface area contributed by atoms with Gasteiger partial charge in [-0.25, -0.2) is 89.7 Å². The number of nitrogens with one attached hydrogen (secondary N) is 3. The number of benzene rings is 1. The number of hydrogen-bond donors (Lipinski definition) is 5. The van der Waals surface area contributed by atoms with Gasteiger partial charge in [0.2, 0.25) is 53.4 Å². The van der Waals surface area contributed by atoms with Crippen LogP contribution in [0.5, 0.6) is 0 Å². The lowest BCUT2D eigenvalue weighted by Crippen LogP contribution is -2.38. The van der Waals surface area contributed by atoms with Crippen molar-refractivity contribution < 1.29 is 41.9 Å². The predicted molar refractivity (Wildman–Crippen MR) is 544 cm³/mol. The molecule has 0 aliphatic carbocycles. The molecule has 38 nitrogen and oxygen atoms in total. The van der Waals surface area contributed by atoms with Gasteiger partial charge >= 0.3 is 6.18 Å². The number of hydrogen-bond acceptors (Lipinski definition) is 32. The molecule has 14 heterocycles. The smallest absolute Gasteiger partial charge is 0.381 e. The SMILES string of the molecule is CC(=O)Nc1ncc(C(C)C)cn1.CC(C)c1cnc(-n2cc(C(C)C)nn2)nc1.CC(C)c1cnc(-n2cc(C(F)(F)F)nn2)nc1.CC(C)c1cnc(CCC(N)=O)nc1.CC(C)c1cnc(N(C)C2CCOCC2)nc1.CC(C)c1cnc(N(C)CC(N)=O)nc1.CC(C)c1cnc(N2CCC2)nc1.CC(C)c1cnc(NC(=O)c2ccccc2)nc1.CC(C)c1cnc(NC(=O)c2cccs2)nc1. The number of nitrogens with zero attached hydrogens (tertiary/aromatic N) is 27. The normalized spacial score (nSPS) is 12.1. The summed E-state index contributed by atoms with van der Waals surface area (Å²) in [5.41, 5.74) is 20.3. The number of rotatable bonds is 26. The number of anilines is 6. The maximum atomic E-state index is 12.3. The number of carbonyl (C=O) groups excluding carboxylic acids is 5. The van der Waals surface area contributed by atoms with Crippen LogP contribution in [0, 0.1) is 0 Å². The average Bonchev–Trinajstić information content (AvgIpc) is 1.65. The summed E-state index contributed by atoms with van der Waals surface area (Å²) in [4.78, 5) is 137. The van der Waals surface area contributed by atoms with E-state index in [9.17, 15) is 37.1 Å². The monoisotopic (exact) mass is 1970 g/mol. The first-order chi connectivity index (χ1) is 67.4. The highest BCUT2D eigenvalue weighted by molar-refractivity contribution is 7.12. The van der Waals surface area contributed by atoms with Crippen LogP contribution in [0.1, 0.15) is 318 Å². The van der Waals surface area contributed by atoms with E-state index in [4.69, 9.17) is 16.2 Å². The Labute approximate surface area is 833 Å². The summed E-state index contributed by atoms with van der Waals surface area (Å²) in [7, 11) is 3.80. The third-order valence-electron chi connectivity index (χ3n) is 21.4. The first kappa shape index (κ1) is 114. The summed E-state index contributed by atoms with van der Waals surface area (Å²) < 4.78 is 44.9. The molecule has 0 radical (unpaired) electrons. The van der Waals surface area contributed by atoms with Crippen molar-refractivity contribution in [3.63, 3.8) is 0 Å². The molecule has 0 saturated carbocycles. The number of amides is 5. The molecule has 2 fully saturated rings. The third-order valence-corrected chi connectivity index (χ3v) is 22.2. The van der Waals surface area contributed by atoms with Gasteiger partial charge < -0.3 is 30.9 Å². The van der Waals surface area contributed by atoms with Crippen LogP contribution in [-0.2, 0) is 31.7 Å². The molecule has 0 bridgehead atoms. The fourth-order valence-electron chi connectivity index (χ4n) is 11.7. The molecule has 15 rings (SSSR count). The molecule has 7 N–H and O–H groups in total. The zero-order chi connectivity index (χ0) is 104. The van der Waals surface area contributed by atoms with Crippen LogP contribution in [-0.4, -0.2) is 202 Å². The molecule has 12 aromatic heterocycles. The predicted octanol–water partition coefficient (Wildman–Crippen LogP) is 17.4. The van der Waals surface area contributed by atoms with E-state index in [1.807, 2.05) is 86.9 Å². The topological polar surface area (TPSA) is 486 Å². The van der Waals surface area contributed by atoms with Crippen LogP contribution in [0.3, 0.4) is 0 Å². The lowest BCUT2D eigenvalue weighted by Gasteiger charge is -2.31. The minimum Gasteiger partial charge on any atom is -0.381 e. The number of halogens is 3. The molecule has 2 saturated heterocycles. The van der Waals surface area contributed by atoms with Crippen molar-refractivity contribution in [1.29, 1.82) is 0 Å². The van der Waals surface area contributed by atoms with Crippen molar-refractivity contribution >= 4 is 76.6 Å². The number of aryl methyl sites for hydroxylation is 1. The van der Waals surface area contributed by atoms with Gasteiger partial charge in [-0.1, -0.05) is 173 Å². The maximum absolute atomic E-state index is 12.3. The fraction of sp³-hybridized carbons (Fsp3) is 0.450. The first-order valence-electron chi connectivity index (χ1n) is 47.0. The zero-order valence-electron chi connectivity index (χ0n) is 85.3. The average molecular weight is 1970 g/mol. The van der Waals surface area contributed by atoms with Crippen LogP contribution in [0.25, 0.3) is 11.9 Å². The molecule has 0 spiro atoms. The fourth-order valence-corrected chi connectivity index (χ4v) is 12.4. The lowest BCUT2D eigenvalue weighted by atomic mass is 10.1. The highest BCUT2D eigenvalue weighted by atomic mass is 32.1. The van der Waals surface area contributed by atoms with Crippen molar-refractivity contribution in [2.24, 2.45) is 11.5 Å². The molecule has 758 valence electrons. The Morgan fingerprint density at radius 2 is 0.789 bits per heavy atom. The minimum atomic E-state index is -4.52. The third kappa shape index (κ3) is 39.6. The lowest BCUT2D eigenvalue weighted by molar-refractivity contribution is -0.141. The highest BCUT2D eigenvalue weighted by Gasteiger charge is 2.35. The first-order valence-corrected chi connectivity index (χ1v) is 47.9. The number of alkyl halides is 3. The summed E-state index contributed by atoms with van der Waals surface area (Å²) in [6.07, 6.45) is 34.4. The largest absolute Gasteiger partial charge is 0.436 e. The molecule has 2 aliphatic rings. The van der Waals surface area contributed by atoms with Gasteiger partial charge in [-0.3, -0.25) is 39.9 Å². The second-order valence-corrected chi connectivity index (χ2v) is 37.2. The van der Waals surface area contributed by atoms with Crippen LogP contribution < -0.4 is 42.1 Å². The molecular weight excluding hydrogens is 1830 g/mol. The van der Waals surface area contributed by atoms with E-state index < -0.39 is 17.8 Å². The molecule has 0 unspecified atom stereocenters. The number of likely N-dealkylation sites (N-methyl/N-ethyl adjacent to an activating group) is 1. The Balaban J connectivity index is 0.000000217. The number of aromatic nitrogens is 24. The summed E-state index contributed by atoms with van der Waals surface area (Å²) >= 11 is 1.39. The van der Waals surface area contributed by atoms with E-state index in [1.54, 1.807) is 109 Å². The highest BCUT2D eigenvalue weighted by Crippen LogP contribution is 2.29. The van der Waals surface area contributed by atoms with Crippen molar-refractivity contribution in [3.05, 3.63) is 250 Å². The van der Waals surface area contributed by atoms with Gasteiger partial charge in [0.05, 0.1) is 29.5 Å². The van der Waals surface area contributed by atoms with E-state index in [0.29, 0.717) is 118 Å². The van der Waals surface area contributed by atoms with Crippen LogP contribution in [0.15, 0.2) is 172 Å². The zero-order valence-corrected chi connectivity index (χ0v) is 86.1. The van der Waals surface area contributed by atoms with Crippen molar-refractivity contribution in [3.8, 4) is 11.9 Å². The van der Waals surface area contributed by atoms with Crippen molar-refractivity contribution in [1.82, 2.24) is 120 Å². The molecule has 142 heavy (non-hydrogen) atoms. The Hall–Kier alpha value is -14.6. The quantitative estimate of drug-likeness (QED) is 0.0336. The molecule has 5 amide bonds. The second-order valence-electron chi connectivity index (χ2n) is 36.2. The summed E-state index contributed by atoms with van der Waals surface area (Å²) in [6, 6.07) is 13.1. The van der Waals surface area contributed by atoms with Crippen LogP contribution >= 0.6 is 11.3 Å². The van der Waals surface area contributed by atoms with Gasteiger partial charge in [-0.15, -0.1) is 21.5 Å². The molecular formula is C100H135F3N32O6S. The van der Waals surface area contributed by atoms with E-state index >= 15 is 0 Å². The standard InChI is InChI=1S/C14H15N3O.C13H21N3O.C12H17N5.C12H13N3OS.C10H10F3N5.C10H16N4O.C10H15N3O.C10H15N3.C9H13N3O/c1-10(2)12-8-15-14(16-9-12)17-13(18)11-6-4-3-5-7-11;1-10(2)11-8-14-13(15-9-11)16(3)12-4-6-17-7-5-12;1-8(2)10-5-13-12(14-6-10)17-7-11(9(3)4)15-16-17;1-8(2)9-6-13-12(14-7-9)15-11(16)10-4-3-5-17-10;1-6(2)7-3-14-9(15-4-7)18-5-8(16-17-18)10(11,12)13;1-7(2)8-4-12-10(13-5-8)14(3)6-9(11)15;1-7(2)8-5-12-10(13-6-8)4-3-9(11)14;1-8(2)9-6-11-10(12-7-9)13-4-3-5-13;1-6(2)8-4-10-9(11-5-8)12-7(3)13/h3-10H,1-2H3,(H,15,16,17,18);8-10,12H,4-7H2,1-3H3;5-9H,1-4H3;3-8H,1-2H3,(H,13,14,15,16);3-6H,1-2H3;4-5,7H,6H2,1-3H3,(H2,11,15);5-7H,3-4H2,1-2H3,(H2,11,14);6-8H,3-5H2,1-2H3;4-6H,1-3H3,(H,10,11,12,13). The van der Waals surface area contributed by atoms with E-state index in [0.717, 1.165) is 107 Å². The molecule has 13 aromatic rings. The van der Waals surface area contributed by atoms with Crippen LogP contribution in [0.4, 0.5) is 48.9 Å². The Bertz CT molecular complexity index is 5860.